The topological polar surface area (TPSA) is 125 Å². The summed E-state index contributed by atoms with van der Waals surface area (Å²) in [4.78, 5) is 59.2. The fraction of sp³-hybridized carbons (Fsp3) is 0.576. The highest BCUT2D eigenvalue weighted by molar-refractivity contribution is 9.11. The van der Waals surface area contributed by atoms with Crippen molar-refractivity contribution in [1.82, 2.24) is 15.1 Å². The number of cyclic esters (lactones) is 1. The van der Waals surface area contributed by atoms with Gasteiger partial charge in [0.15, 0.2) is 0 Å². The molecular weight excluding hydrogens is 630 g/mol. The van der Waals surface area contributed by atoms with E-state index in [1.807, 2.05) is 56.3 Å². The van der Waals surface area contributed by atoms with Crippen LogP contribution in [0.2, 0.25) is 0 Å². The van der Waals surface area contributed by atoms with E-state index in [0.717, 1.165) is 12.8 Å². The molecule has 2 saturated heterocycles. The monoisotopic (exact) mass is 671 g/mol. The number of nitrogens with one attached hydrogen (secondary N) is 1. The number of hydrogen-bond donors (Lipinski definition) is 2. The van der Waals surface area contributed by atoms with E-state index in [1.165, 1.54) is 4.90 Å². The Morgan fingerprint density at radius 3 is 2.48 bits per heavy atom. The maximum Gasteiger partial charge on any atom is 0.313 e. The first-order chi connectivity index (χ1) is 21.0. The third-order valence-electron chi connectivity index (χ3n) is 9.35. The molecule has 9 atom stereocenters. The van der Waals surface area contributed by atoms with Crippen LogP contribution < -0.4 is 5.32 Å². The maximum atomic E-state index is 14.6. The fourth-order valence-electron chi connectivity index (χ4n) is 7.21. The van der Waals surface area contributed by atoms with Gasteiger partial charge in [-0.05, 0) is 45.3 Å². The van der Waals surface area contributed by atoms with Gasteiger partial charge in [-0.25, -0.2) is 0 Å². The number of fused-ring (bicyclic) bond motifs is 2. The first-order valence-corrected chi connectivity index (χ1v) is 16.3. The third kappa shape index (κ3) is 5.63. The number of aliphatic hydroxyl groups excluding tert-OH is 1. The number of ether oxygens (including phenoxy) is 2. The molecule has 1 unspecified atom stereocenters. The average molecular weight is 673 g/mol. The van der Waals surface area contributed by atoms with E-state index in [0.29, 0.717) is 16.5 Å². The van der Waals surface area contributed by atoms with Gasteiger partial charge in [0, 0.05) is 23.5 Å². The predicted molar refractivity (Wildman–Crippen MR) is 166 cm³/mol. The molecule has 0 aromatic heterocycles. The zero-order valence-electron chi connectivity index (χ0n) is 25.6. The van der Waals surface area contributed by atoms with Gasteiger partial charge in [0.25, 0.3) is 0 Å². The number of likely N-dealkylation sites (tertiary alicyclic amines) is 1. The van der Waals surface area contributed by atoms with Gasteiger partial charge in [0.2, 0.25) is 17.7 Å². The van der Waals surface area contributed by atoms with Crippen LogP contribution in [0.1, 0.15) is 65.0 Å². The van der Waals surface area contributed by atoms with Crippen molar-refractivity contribution in [2.45, 2.75) is 95.4 Å². The zero-order chi connectivity index (χ0) is 31.8. The van der Waals surface area contributed by atoms with Crippen LogP contribution in [-0.4, -0.2) is 87.6 Å². The molecule has 5 bridgehead atoms. The average Bonchev–Trinajstić information content (AvgIpc) is 3.60. The van der Waals surface area contributed by atoms with E-state index in [4.69, 9.17) is 9.47 Å². The van der Waals surface area contributed by atoms with Crippen LogP contribution in [0.15, 0.2) is 53.0 Å². The number of carbonyl (C=O) groups excluding carboxylic acids is 4. The summed E-state index contributed by atoms with van der Waals surface area (Å²) in [5, 5.41) is 13.2. The number of hydrogen-bond acceptors (Lipinski definition) is 7. The number of nitrogens with zero attached hydrogens (tertiary/aromatic N) is 2. The molecule has 2 fully saturated rings. The lowest BCUT2D eigenvalue weighted by Crippen LogP contribution is -2.59. The number of esters is 1. The van der Waals surface area contributed by atoms with E-state index in [1.54, 1.807) is 24.8 Å². The summed E-state index contributed by atoms with van der Waals surface area (Å²) in [5.74, 6) is -3.65. The van der Waals surface area contributed by atoms with E-state index in [9.17, 15) is 24.3 Å². The second-order valence-electron chi connectivity index (χ2n) is 12.4. The fourth-order valence-corrected chi connectivity index (χ4v) is 7.95. The number of halogens is 1. The molecule has 2 N–H and O–H groups in total. The zero-order valence-corrected chi connectivity index (χ0v) is 27.2. The molecule has 1 aromatic carbocycles. The largest absolute Gasteiger partial charge is 0.455 e. The number of carbonyl (C=O) groups is 4. The summed E-state index contributed by atoms with van der Waals surface area (Å²) >= 11 is 3.58. The summed E-state index contributed by atoms with van der Waals surface area (Å²) in [5.41, 5.74) is -0.726. The van der Waals surface area contributed by atoms with Gasteiger partial charge < -0.3 is 29.7 Å². The van der Waals surface area contributed by atoms with Crippen LogP contribution in [0.3, 0.4) is 0 Å². The van der Waals surface area contributed by atoms with Gasteiger partial charge in [-0.1, -0.05) is 71.8 Å². The number of benzene rings is 1. The van der Waals surface area contributed by atoms with Gasteiger partial charge in [-0.15, -0.1) is 0 Å². The Morgan fingerprint density at radius 2 is 1.80 bits per heavy atom. The number of allylic oxidation sites excluding steroid dienone is 1. The Labute approximate surface area is 266 Å². The van der Waals surface area contributed by atoms with Crippen molar-refractivity contribution in [3.8, 4) is 0 Å². The Morgan fingerprint density at radius 1 is 1.07 bits per heavy atom. The minimum absolute atomic E-state index is 0.154. The standard InChI is InChI=1S/C33H42BrN3O7/c1-5-12-19(2)36-16-11-7-10-15-24(39)35-21(4)27(22-13-8-6-9-14-22)43-32(42)25-26-30(40)37(20(3)18-38)29(31(36)41)33(26)17-23(34)28(25)44-33/h6-9,11,13-14,17,19-21,25-29,38H,5,10,12,15-16,18H2,1-4H3,(H,35,39)/b11-7-/t19?,20-,21-,25+,26-,27+,28+,29+,33-/m1/s1. The molecule has 10 nitrogen and oxygen atoms in total. The summed E-state index contributed by atoms with van der Waals surface area (Å²) in [6.07, 6.45) is 6.16. The second kappa shape index (κ2) is 13.1. The van der Waals surface area contributed by atoms with Crippen molar-refractivity contribution in [2.24, 2.45) is 11.8 Å². The van der Waals surface area contributed by atoms with E-state index < -0.39 is 59.6 Å². The van der Waals surface area contributed by atoms with Crippen LogP contribution in [0, 0.1) is 11.8 Å². The highest BCUT2D eigenvalue weighted by Gasteiger charge is 2.75. The smallest absolute Gasteiger partial charge is 0.313 e. The lowest BCUT2D eigenvalue weighted by molar-refractivity contribution is -0.162. The summed E-state index contributed by atoms with van der Waals surface area (Å²) in [6, 6.07) is 6.66. The highest BCUT2D eigenvalue weighted by atomic mass is 79.9. The Kier molecular flexibility index (Phi) is 9.67. The van der Waals surface area contributed by atoms with E-state index in [2.05, 4.69) is 21.2 Å². The summed E-state index contributed by atoms with van der Waals surface area (Å²) < 4.78 is 13.3. The Balaban J connectivity index is 1.62. The molecule has 238 valence electrons. The van der Waals surface area contributed by atoms with Gasteiger partial charge in [0.05, 0.1) is 24.6 Å². The number of rotatable bonds is 6. The van der Waals surface area contributed by atoms with Gasteiger partial charge >= 0.3 is 5.97 Å². The highest BCUT2D eigenvalue weighted by Crippen LogP contribution is 2.59. The number of amides is 3. The molecule has 0 radical (unpaired) electrons. The Hall–Kier alpha value is -3.02. The van der Waals surface area contributed by atoms with Crippen molar-refractivity contribution in [1.29, 1.82) is 0 Å². The predicted octanol–water partition coefficient (Wildman–Crippen LogP) is 3.40. The van der Waals surface area contributed by atoms with Crippen molar-refractivity contribution in [2.75, 3.05) is 13.2 Å². The summed E-state index contributed by atoms with van der Waals surface area (Å²) in [7, 11) is 0. The molecule has 3 amide bonds. The molecule has 5 rings (SSSR count). The summed E-state index contributed by atoms with van der Waals surface area (Å²) in [6.45, 7) is 7.41. The quantitative estimate of drug-likeness (QED) is 0.351. The maximum absolute atomic E-state index is 14.6. The SMILES string of the molecule is CCCC(C)N1C/C=C\CCC(=O)N[C@H](C)[C@@H](c2ccccc2)OC(=O)[C@@H]2[C@H]3O[C@@]4(C=C3Br)[C@H](C1=O)N([C@H](C)CO)C(=O)[C@@H]24. The Bertz CT molecular complexity index is 1340. The van der Waals surface area contributed by atoms with E-state index in [-0.39, 0.29) is 37.4 Å². The van der Waals surface area contributed by atoms with E-state index >= 15 is 0 Å². The third-order valence-corrected chi connectivity index (χ3v) is 10.0. The molecule has 0 saturated carbocycles. The van der Waals surface area contributed by atoms with Gasteiger partial charge in [-0.2, -0.15) is 0 Å². The molecule has 4 aliphatic heterocycles. The lowest BCUT2D eigenvalue weighted by atomic mass is 9.74. The molecule has 11 heteroatoms. The second-order valence-corrected chi connectivity index (χ2v) is 13.3. The van der Waals surface area contributed by atoms with Crippen molar-refractivity contribution >= 4 is 39.6 Å². The van der Waals surface area contributed by atoms with Crippen LogP contribution >= 0.6 is 15.9 Å². The molecule has 1 aromatic rings. The van der Waals surface area contributed by atoms with Crippen LogP contribution in [0.5, 0.6) is 0 Å². The first kappa shape index (κ1) is 32.4. The van der Waals surface area contributed by atoms with Crippen LogP contribution in [0.4, 0.5) is 0 Å². The molecule has 44 heavy (non-hydrogen) atoms. The minimum atomic E-state index is -1.42. The minimum Gasteiger partial charge on any atom is -0.455 e. The molecular formula is C33H42BrN3O7. The number of aliphatic hydroxyl groups is 1. The first-order valence-electron chi connectivity index (χ1n) is 15.5. The van der Waals surface area contributed by atoms with Crippen LogP contribution in [0.25, 0.3) is 0 Å². The van der Waals surface area contributed by atoms with Gasteiger partial charge in [-0.3, -0.25) is 19.2 Å². The van der Waals surface area contributed by atoms with Crippen molar-refractivity contribution < 1.29 is 33.8 Å². The molecule has 0 aliphatic carbocycles. The van der Waals surface area contributed by atoms with Crippen molar-refractivity contribution in [3.63, 3.8) is 0 Å². The van der Waals surface area contributed by atoms with Crippen molar-refractivity contribution in [3.05, 3.63) is 58.6 Å². The molecule has 4 aliphatic rings. The molecule has 4 heterocycles. The van der Waals surface area contributed by atoms with Gasteiger partial charge in [0.1, 0.15) is 29.8 Å². The normalized spacial score (nSPS) is 34.7. The van der Waals surface area contributed by atoms with Crippen LogP contribution in [-0.2, 0) is 28.7 Å². The molecule has 1 spiro atoms. The lowest BCUT2D eigenvalue weighted by Gasteiger charge is -2.39.